The third-order valence-corrected chi connectivity index (χ3v) is 7.34. The van der Waals surface area contributed by atoms with Gasteiger partial charge >= 0.3 is 0 Å². The van der Waals surface area contributed by atoms with Crippen LogP contribution in [0.15, 0.2) is 29.1 Å². The maximum absolute atomic E-state index is 13.4. The van der Waals surface area contributed by atoms with Crippen molar-refractivity contribution in [2.75, 3.05) is 0 Å². The highest BCUT2D eigenvalue weighted by molar-refractivity contribution is 6.02. The number of nitrogens with zero attached hydrogens (tertiary/aromatic N) is 1. The largest absolute Gasteiger partial charge is 0.506 e. The quantitative estimate of drug-likeness (QED) is 0.821. The molecule has 1 aromatic heterocycles. The summed E-state index contributed by atoms with van der Waals surface area (Å²) in [4.78, 5) is 26.7. The average Bonchev–Trinajstić information content (AvgIpc) is 2.63. The van der Waals surface area contributed by atoms with Crippen molar-refractivity contribution in [2.24, 2.45) is 23.7 Å². The van der Waals surface area contributed by atoms with Crippen LogP contribution in [0, 0.1) is 23.7 Å². The monoisotopic (exact) mass is 394 g/mol. The van der Waals surface area contributed by atoms with E-state index in [4.69, 9.17) is 0 Å². The number of hydrogen-bond acceptors (Lipinski definition) is 3. The van der Waals surface area contributed by atoms with Gasteiger partial charge in [0.2, 0.25) is 0 Å². The number of hydrogen-bond donors (Lipinski definition) is 2. The number of para-hydroxylation sites is 1. The topological polar surface area (TPSA) is 71.3 Å². The van der Waals surface area contributed by atoms with Crippen LogP contribution in [0.4, 0.5) is 0 Å². The van der Waals surface area contributed by atoms with E-state index < -0.39 is 11.5 Å². The van der Waals surface area contributed by atoms with Gasteiger partial charge in [0.05, 0.1) is 5.52 Å². The van der Waals surface area contributed by atoms with Crippen molar-refractivity contribution in [3.8, 4) is 5.75 Å². The van der Waals surface area contributed by atoms with Crippen molar-refractivity contribution in [3.63, 3.8) is 0 Å². The Balaban J connectivity index is 1.56. The molecule has 5 nitrogen and oxygen atoms in total. The number of aromatic nitrogens is 1. The second kappa shape index (κ2) is 6.61. The van der Waals surface area contributed by atoms with Crippen molar-refractivity contribution in [2.45, 2.75) is 64.5 Å². The second-order valence-corrected chi connectivity index (χ2v) is 10.2. The molecule has 0 aliphatic heterocycles. The number of pyridine rings is 1. The number of amides is 1. The Morgan fingerprint density at radius 2 is 1.72 bits per heavy atom. The molecule has 6 rings (SSSR count). The van der Waals surface area contributed by atoms with Gasteiger partial charge in [0.1, 0.15) is 11.3 Å². The van der Waals surface area contributed by atoms with Crippen molar-refractivity contribution in [1.82, 2.24) is 9.88 Å². The summed E-state index contributed by atoms with van der Waals surface area (Å²) in [6, 6.07) is 7.29. The zero-order chi connectivity index (χ0) is 20.3. The molecule has 1 amide bonds. The fraction of sp³-hybridized carbons (Fsp3) is 0.583. The Bertz CT molecular complexity index is 1000. The van der Waals surface area contributed by atoms with Gasteiger partial charge in [-0.05, 0) is 74.3 Å². The van der Waals surface area contributed by atoms with Gasteiger partial charge in [0, 0.05) is 17.5 Å². The number of rotatable bonds is 4. The van der Waals surface area contributed by atoms with Crippen molar-refractivity contribution >= 4 is 16.8 Å². The van der Waals surface area contributed by atoms with Crippen molar-refractivity contribution in [3.05, 3.63) is 40.2 Å². The lowest BCUT2D eigenvalue weighted by molar-refractivity contribution is -0.0167. The highest BCUT2D eigenvalue weighted by atomic mass is 16.3. The molecule has 1 heterocycles. The Morgan fingerprint density at radius 1 is 1.14 bits per heavy atom. The predicted octanol–water partition coefficient (Wildman–Crippen LogP) is 4.06. The number of fused-ring (bicyclic) bond motifs is 1. The minimum Gasteiger partial charge on any atom is -0.506 e. The van der Waals surface area contributed by atoms with Crippen LogP contribution >= 0.6 is 0 Å². The van der Waals surface area contributed by atoms with E-state index in [1.165, 1.54) is 19.3 Å². The number of carbonyl (C=O) groups is 1. The van der Waals surface area contributed by atoms with Gasteiger partial charge in [-0.3, -0.25) is 9.59 Å². The summed E-state index contributed by atoms with van der Waals surface area (Å²) in [6.07, 6.45) is 6.91. The summed E-state index contributed by atoms with van der Waals surface area (Å²) in [5.74, 6) is 1.75. The van der Waals surface area contributed by atoms with Gasteiger partial charge in [-0.1, -0.05) is 26.0 Å². The minimum absolute atomic E-state index is 0.0971. The van der Waals surface area contributed by atoms with Crippen molar-refractivity contribution < 1.29 is 9.90 Å². The molecular weight excluding hydrogens is 364 g/mol. The van der Waals surface area contributed by atoms with E-state index in [1.807, 2.05) is 32.0 Å². The molecule has 0 radical (unpaired) electrons. The first-order valence-corrected chi connectivity index (χ1v) is 11.0. The standard InChI is InChI=1S/C24H30N2O3/c1-14(2)13-26-19-6-4-3-5-18(19)21(27)20(23(26)29)22(28)25-24-10-15-7-16(11-24)9-17(8-15)12-24/h3-6,14-17,27H,7-13H2,1-2H3,(H,25,28). The molecular formula is C24H30N2O3. The normalized spacial score (nSPS) is 30.2. The Morgan fingerprint density at radius 3 is 2.31 bits per heavy atom. The third-order valence-electron chi connectivity index (χ3n) is 7.34. The van der Waals surface area contributed by atoms with Crippen molar-refractivity contribution in [1.29, 1.82) is 0 Å². The molecule has 4 aliphatic rings. The summed E-state index contributed by atoms with van der Waals surface area (Å²) in [5.41, 5.74) is -0.00791. The van der Waals surface area contributed by atoms with Crippen LogP contribution in [-0.4, -0.2) is 21.1 Å². The molecule has 1 aromatic carbocycles. The van der Waals surface area contributed by atoms with Crippen LogP contribution in [0.2, 0.25) is 0 Å². The smallest absolute Gasteiger partial charge is 0.267 e. The maximum Gasteiger partial charge on any atom is 0.267 e. The molecule has 0 atom stereocenters. The Labute approximate surface area is 171 Å². The van der Waals surface area contributed by atoms with E-state index in [9.17, 15) is 14.7 Å². The van der Waals surface area contributed by atoms with Gasteiger partial charge in [-0.2, -0.15) is 0 Å². The molecule has 4 aliphatic carbocycles. The molecule has 2 N–H and O–H groups in total. The van der Waals surface area contributed by atoms with Crippen LogP contribution in [0.25, 0.3) is 10.9 Å². The highest BCUT2D eigenvalue weighted by Gasteiger charge is 2.51. The molecule has 4 fully saturated rings. The molecule has 2 aromatic rings. The minimum atomic E-state index is -0.405. The molecule has 0 saturated heterocycles. The summed E-state index contributed by atoms with van der Waals surface area (Å²) in [6.45, 7) is 4.60. The third kappa shape index (κ3) is 3.06. The van der Waals surface area contributed by atoms with Crippen LogP contribution in [0.5, 0.6) is 5.75 Å². The first-order valence-electron chi connectivity index (χ1n) is 11.0. The molecule has 4 bridgehead atoms. The van der Waals surface area contributed by atoms with Gasteiger partial charge < -0.3 is 15.0 Å². The van der Waals surface area contributed by atoms with Gasteiger partial charge in [0.15, 0.2) is 0 Å². The first kappa shape index (κ1) is 18.7. The highest BCUT2D eigenvalue weighted by Crippen LogP contribution is 2.55. The predicted molar refractivity (Wildman–Crippen MR) is 113 cm³/mol. The van der Waals surface area contributed by atoms with Gasteiger partial charge in [-0.15, -0.1) is 0 Å². The van der Waals surface area contributed by atoms with Crippen LogP contribution in [0.1, 0.15) is 62.7 Å². The summed E-state index contributed by atoms with van der Waals surface area (Å²) in [7, 11) is 0. The van der Waals surface area contributed by atoms with E-state index in [0.717, 1.165) is 19.3 Å². The van der Waals surface area contributed by atoms with Crippen LogP contribution in [-0.2, 0) is 6.54 Å². The zero-order valence-electron chi connectivity index (χ0n) is 17.3. The lowest BCUT2D eigenvalue weighted by Crippen LogP contribution is -2.60. The lowest BCUT2D eigenvalue weighted by atomic mass is 9.53. The first-order chi connectivity index (χ1) is 13.8. The van der Waals surface area contributed by atoms with E-state index in [-0.39, 0.29) is 22.8 Å². The summed E-state index contributed by atoms with van der Waals surface area (Å²) >= 11 is 0. The van der Waals surface area contributed by atoms with Crippen LogP contribution in [0.3, 0.4) is 0 Å². The Hall–Kier alpha value is -2.30. The zero-order valence-corrected chi connectivity index (χ0v) is 17.3. The summed E-state index contributed by atoms with van der Waals surface area (Å²) in [5, 5.41) is 14.7. The van der Waals surface area contributed by atoms with E-state index in [1.54, 1.807) is 10.6 Å². The maximum atomic E-state index is 13.4. The fourth-order valence-electron chi connectivity index (χ4n) is 6.71. The number of carbonyl (C=O) groups excluding carboxylic acids is 1. The number of aromatic hydroxyl groups is 1. The second-order valence-electron chi connectivity index (χ2n) is 10.2. The van der Waals surface area contributed by atoms with Gasteiger partial charge in [-0.25, -0.2) is 0 Å². The molecule has 154 valence electrons. The van der Waals surface area contributed by atoms with Crippen LogP contribution < -0.4 is 10.9 Å². The van der Waals surface area contributed by atoms with E-state index >= 15 is 0 Å². The fourth-order valence-corrected chi connectivity index (χ4v) is 6.71. The SMILES string of the molecule is CC(C)Cn1c(=O)c(C(=O)NC23CC4CC(CC(C4)C2)C3)c(O)c2ccccc21. The number of benzene rings is 1. The van der Waals surface area contributed by atoms with E-state index in [0.29, 0.717) is 35.2 Å². The molecule has 4 saturated carbocycles. The molecule has 29 heavy (non-hydrogen) atoms. The molecule has 0 spiro atoms. The number of nitrogens with one attached hydrogen (secondary N) is 1. The lowest BCUT2D eigenvalue weighted by Gasteiger charge is -2.56. The van der Waals surface area contributed by atoms with Gasteiger partial charge in [0.25, 0.3) is 11.5 Å². The molecule has 5 heteroatoms. The Kier molecular flexibility index (Phi) is 4.27. The van der Waals surface area contributed by atoms with E-state index in [2.05, 4.69) is 5.32 Å². The molecule has 0 unspecified atom stereocenters. The average molecular weight is 395 g/mol. The summed E-state index contributed by atoms with van der Waals surface area (Å²) < 4.78 is 1.65.